The predicted octanol–water partition coefficient (Wildman–Crippen LogP) is 2.88. The minimum Gasteiger partial charge on any atom is -0.396 e. The number of aliphatic hydroxyl groups is 1. The van der Waals surface area contributed by atoms with E-state index in [2.05, 4.69) is 57.3 Å². The third-order valence-electron chi connectivity index (χ3n) is 2.85. The highest BCUT2D eigenvalue weighted by atomic mass is 79.9. The first-order chi connectivity index (χ1) is 9.00. The summed E-state index contributed by atoms with van der Waals surface area (Å²) in [6.07, 6.45) is 3.34. The average Bonchev–Trinajstić information content (AvgIpc) is 2.36. The Balaban J connectivity index is 2.68. The van der Waals surface area contributed by atoms with Crippen molar-refractivity contribution >= 4 is 27.6 Å². The molecule has 0 saturated heterocycles. The van der Waals surface area contributed by atoms with Crippen LogP contribution in [0, 0.1) is 5.41 Å². The Hall–Kier alpha value is -0.880. The van der Waals surface area contributed by atoms with Crippen LogP contribution in [0.1, 0.15) is 33.6 Å². The van der Waals surface area contributed by atoms with Gasteiger partial charge in [-0.1, -0.05) is 20.8 Å². The monoisotopic (exact) mass is 330 g/mol. The third-order valence-corrected chi connectivity index (χ3v) is 3.61. The van der Waals surface area contributed by atoms with Gasteiger partial charge in [0.15, 0.2) is 0 Å². The largest absolute Gasteiger partial charge is 0.396 e. The van der Waals surface area contributed by atoms with Gasteiger partial charge in [-0.05, 0) is 34.2 Å². The molecule has 3 N–H and O–H groups in total. The first-order valence-corrected chi connectivity index (χ1v) is 7.38. The SMILES string of the molecule is CCCNc1ncnc(NCC(C)(C)CCO)c1Br. The van der Waals surface area contributed by atoms with Gasteiger partial charge in [0.05, 0.1) is 0 Å². The summed E-state index contributed by atoms with van der Waals surface area (Å²) in [5.74, 6) is 1.58. The standard InChI is InChI=1S/C13H23BrN4O/c1-4-6-15-11-10(14)12(18-9-17-11)16-8-13(2,3)5-7-19/h9,19H,4-8H2,1-3H3,(H2,15,16,17,18). The van der Waals surface area contributed by atoms with Gasteiger partial charge in [0.25, 0.3) is 0 Å². The lowest BCUT2D eigenvalue weighted by molar-refractivity contribution is 0.220. The van der Waals surface area contributed by atoms with Crippen LogP contribution in [0.3, 0.4) is 0 Å². The van der Waals surface area contributed by atoms with Gasteiger partial charge in [0.2, 0.25) is 0 Å². The zero-order valence-electron chi connectivity index (χ0n) is 11.8. The second kappa shape index (κ2) is 7.65. The topological polar surface area (TPSA) is 70.1 Å². The molecule has 0 atom stereocenters. The van der Waals surface area contributed by atoms with Crippen LogP contribution in [-0.4, -0.2) is 34.8 Å². The molecule has 0 saturated carbocycles. The second-order valence-electron chi connectivity index (χ2n) is 5.30. The number of hydrogen-bond donors (Lipinski definition) is 3. The summed E-state index contributed by atoms with van der Waals surface area (Å²) < 4.78 is 0.850. The summed E-state index contributed by atoms with van der Waals surface area (Å²) in [6.45, 7) is 8.16. The van der Waals surface area contributed by atoms with Crippen LogP contribution in [0.25, 0.3) is 0 Å². The van der Waals surface area contributed by atoms with Crippen molar-refractivity contribution in [2.24, 2.45) is 5.41 Å². The van der Waals surface area contributed by atoms with Gasteiger partial charge < -0.3 is 15.7 Å². The quantitative estimate of drug-likeness (QED) is 0.683. The van der Waals surface area contributed by atoms with Crippen LogP contribution >= 0.6 is 15.9 Å². The van der Waals surface area contributed by atoms with Crippen molar-refractivity contribution < 1.29 is 5.11 Å². The summed E-state index contributed by atoms with van der Waals surface area (Å²) in [5, 5.41) is 15.6. The van der Waals surface area contributed by atoms with Gasteiger partial charge in [-0.15, -0.1) is 0 Å². The lowest BCUT2D eigenvalue weighted by Crippen LogP contribution is -2.25. The second-order valence-corrected chi connectivity index (χ2v) is 6.10. The van der Waals surface area contributed by atoms with Crippen molar-refractivity contribution in [2.45, 2.75) is 33.6 Å². The van der Waals surface area contributed by atoms with Gasteiger partial charge in [-0.25, -0.2) is 9.97 Å². The maximum absolute atomic E-state index is 9.02. The number of rotatable bonds is 8. The van der Waals surface area contributed by atoms with Crippen molar-refractivity contribution in [1.82, 2.24) is 9.97 Å². The molecule has 0 unspecified atom stereocenters. The molecule has 6 heteroatoms. The first kappa shape index (κ1) is 16.2. The number of hydrogen-bond acceptors (Lipinski definition) is 5. The summed E-state index contributed by atoms with van der Waals surface area (Å²) in [6, 6.07) is 0. The molecule has 0 aliphatic heterocycles. The Morgan fingerprint density at radius 2 is 1.89 bits per heavy atom. The molecule has 19 heavy (non-hydrogen) atoms. The molecule has 0 radical (unpaired) electrons. The molecule has 0 aliphatic rings. The molecule has 5 nitrogen and oxygen atoms in total. The zero-order valence-corrected chi connectivity index (χ0v) is 13.4. The van der Waals surface area contributed by atoms with Crippen LogP contribution in [0.2, 0.25) is 0 Å². The zero-order chi connectivity index (χ0) is 14.3. The van der Waals surface area contributed by atoms with E-state index in [0.29, 0.717) is 0 Å². The average molecular weight is 331 g/mol. The fourth-order valence-corrected chi connectivity index (χ4v) is 2.06. The normalized spacial score (nSPS) is 11.4. The fourth-order valence-electron chi connectivity index (χ4n) is 1.57. The van der Waals surface area contributed by atoms with Crippen molar-refractivity contribution in [2.75, 3.05) is 30.3 Å². The molecule has 0 fully saturated rings. The molecule has 108 valence electrons. The molecule has 0 aromatic carbocycles. The number of nitrogens with zero attached hydrogens (tertiary/aromatic N) is 2. The Bertz CT molecular complexity index is 398. The van der Waals surface area contributed by atoms with Gasteiger partial charge in [-0.3, -0.25) is 0 Å². The number of nitrogens with one attached hydrogen (secondary N) is 2. The van der Waals surface area contributed by atoms with E-state index >= 15 is 0 Å². The molecule has 1 heterocycles. The van der Waals surface area contributed by atoms with Crippen LogP contribution in [0.5, 0.6) is 0 Å². The molecule has 0 spiro atoms. The molecular weight excluding hydrogens is 308 g/mol. The molecule has 1 aromatic rings. The molecule has 0 bridgehead atoms. The summed E-state index contributed by atoms with van der Waals surface area (Å²) in [7, 11) is 0. The summed E-state index contributed by atoms with van der Waals surface area (Å²) >= 11 is 3.52. The lowest BCUT2D eigenvalue weighted by Gasteiger charge is -2.24. The number of aliphatic hydroxyl groups excluding tert-OH is 1. The van der Waals surface area contributed by atoms with Crippen molar-refractivity contribution in [1.29, 1.82) is 0 Å². The van der Waals surface area contributed by atoms with E-state index in [0.717, 1.165) is 42.0 Å². The summed E-state index contributed by atoms with van der Waals surface area (Å²) in [4.78, 5) is 8.45. The highest BCUT2D eigenvalue weighted by Crippen LogP contribution is 2.28. The number of halogens is 1. The van der Waals surface area contributed by atoms with E-state index < -0.39 is 0 Å². The first-order valence-electron chi connectivity index (χ1n) is 6.59. The fraction of sp³-hybridized carbons (Fsp3) is 0.692. The van der Waals surface area contributed by atoms with Crippen LogP contribution < -0.4 is 10.6 Å². The Morgan fingerprint density at radius 1 is 1.26 bits per heavy atom. The highest BCUT2D eigenvalue weighted by molar-refractivity contribution is 9.10. The Morgan fingerprint density at radius 3 is 2.47 bits per heavy atom. The maximum Gasteiger partial charge on any atom is 0.145 e. The van der Waals surface area contributed by atoms with Gasteiger partial charge in [0, 0.05) is 19.7 Å². The molecule has 0 aliphatic carbocycles. The number of anilines is 2. The predicted molar refractivity (Wildman–Crippen MR) is 82.5 cm³/mol. The van der Waals surface area contributed by atoms with E-state index in [1.54, 1.807) is 6.33 Å². The highest BCUT2D eigenvalue weighted by Gasteiger charge is 2.18. The smallest absolute Gasteiger partial charge is 0.145 e. The Kier molecular flexibility index (Phi) is 6.51. The van der Waals surface area contributed by atoms with E-state index in [-0.39, 0.29) is 12.0 Å². The Labute approximate surface area is 123 Å². The van der Waals surface area contributed by atoms with E-state index in [1.165, 1.54) is 0 Å². The third kappa shape index (κ3) is 5.32. The van der Waals surface area contributed by atoms with Crippen LogP contribution in [-0.2, 0) is 0 Å². The van der Waals surface area contributed by atoms with Crippen molar-refractivity contribution in [3.05, 3.63) is 10.8 Å². The minimum atomic E-state index is 0.0240. The molecular formula is C13H23BrN4O. The van der Waals surface area contributed by atoms with Gasteiger partial charge in [-0.2, -0.15) is 0 Å². The van der Waals surface area contributed by atoms with E-state index in [1.807, 2.05) is 0 Å². The van der Waals surface area contributed by atoms with Gasteiger partial charge in [0.1, 0.15) is 22.4 Å². The van der Waals surface area contributed by atoms with Crippen LogP contribution in [0.15, 0.2) is 10.8 Å². The minimum absolute atomic E-state index is 0.0240. The molecule has 1 rings (SSSR count). The van der Waals surface area contributed by atoms with Crippen LogP contribution in [0.4, 0.5) is 11.6 Å². The van der Waals surface area contributed by atoms with Gasteiger partial charge >= 0.3 is 0 Å². The lowest BCUT2D eigenvalue weighted by atomic mass is 9.90. The number of aromatic nitrogens is 2. The van der Waals surface area contributed by atoms with Crippen molar-refractivity contribution in [3.8, 4) is 0 Å². The van der Waals surface area contributed by atoms with E-state index in [4.69, 9.17) is 5.11 Å². The maximum atomic E-state index is 9.02. The van der Waals surface area contributed by atoms with Crippen molar-refractivity contribution in [3.63, 3.8) is 0 Å². The molecule has 1 aromatic heterocycles. The summed E-state index contributed by atoms with van der Waals surface area (Å²) in [5.41, 5.74) is 0.0240. The van der Waals surface area contributed by atoms with E-state index in [9.17, 15) is 0 Å². The molecule has 0 amide bonds.